The topological polar surface area (TPSA) is 323 Å². The normalized spacial score (nSPS) is 29.4. The van der Waals surface area contributed by atoms with Crippen molar-refractivity contribution in [2.75, 3.05) is 24.7 Å². The number of nitrogens with two attached hydrogens (primary N) is 2. The van der Waals surface area contributed by atoms with Gasteiger partial charge in [0.1, 0.15) is 36.9 Å². The third kappa shape index (κ3) is 6.45. The predicted molar refractivity (Wildman–Crippen MR) is 163 cm³/mol. The second kappa shape index (κ2) is 13.3. The lowest BCUT2D eigenvalue weighted by Crippen LogP contribution is -2.36. The standard InChI is InChI=1S/C22H28N10O12P2S/c23-21-27-15-10(17(36)29-21)25-5-31(15)19-7(1-2-33)12(34)8(42-19)4-41-46(39,47)44-14-9(3-40-45-38)43-20(13(14)35)32-6-26-11-16(32)28-22(24)30-18(11)37/h2,5-9,12-14,19-20,34-35,38,45H,1,3-4H2,(H,39,47)(H3,23,27,29,36)(H3,24,28,30,37)/t7-,8-,9-,12+,13-,14-,19-,20-,46?/m1/s1. The molecule has 0 amide bonds. The van der Waals surface area contributed by atoms with Crippen LogP contribution in [0.5, 0.6) is 0 Å². The number of hydrogen-bond donors (Lipinski definition) is 8. The molecule has 254 valence electrons. The fourth-order valence-corrected chi connectivity index (χ4v) is 7.21. The number of hydrogen-bond acceptors (Lipinski definition) is 18. The van der Waals surface area contributed by atoms with Gasteiger partial charge in [0.2, 0.25) is 11.9 Å². The molecule has 2 saturated heterocycles. The van der Waals surface area contributed by atoms with Crippen LogP contribution in [0.2, 0.25) is 0 Å². The van der Waals surface area contributed by atoms with E-state index in [1.165, 1.54) is 21.8 Å². The first kappa shape index (κ1) is 33.6. The fraction of sp³-hybridized carbons (Fsp3) is 0.500. The van der Waals surface area contributed by atoms with Crippen LogP contribution in [0.4, 0.5) is 11.9 Å². The molecule has 2 fully saturated rings. The Hall–Kier alpha value is -3.31. The maximum absolute atomic E-state index is 12.3. The van der Waals surface area contributed by atoms with Gasteiger partial charge in [-0.15, -0.1) is 0 Å². The molecule has 4 aromatic rings. The van der Waals surface area contributed by atoms with Crippen molar-refractivity contribution in [2.45, 2.75) is 49.4 Å². The molecule has 0 spiro atoms. The second-order valence-corrected chi connectivity index (χ2v) is 13.7. The van der Waals surface area contributed by atoms with Crippen LogP contribution in [0.1, 0.15) is 18.9 Å². The first-order valence-corrected chi connectivity index (χ1v) is 17.1. The molecule has 0 radical (unpaired) electrons. The van der Waals surface area contributed by atoms with E-state index in [9.17, 15) is 34.4 Å². The van der Waals surface area contributed by atoms with Crippen molar-refractivity contribution in [1.82, 2.24) is 39.0 Å². The number of nitrogens with one attached hydrogen (secondary N) is 2. The summed E-state index contributed by atoms with van der Waals surface area (Å²) in [4.78, 5) is 77.0. The first-order valence-electron chi connectivity index (χ1n) is 13.6. The zero-order chi connectivity index (χ0) is 33.6. The van der Waals surface area contributed by atoms with Crippen molar-refractivity contribution in [3.63, 3.8) is 0 Å². The van der Waals surface area contributed by atoms with Crippen LogP contribution in [0.25, 0.3) is 22.3 Å². The number of ether oxygens (including phenoxy) is 2. The number of aliphatic hydroxyl groups excluding tert-OH is 2. The van der Waals surface area contributed by atoms with Crippen LogP contribution in [0.15, 0.2) is 22.2 Å². The molecule has 2 unspecified atom stereocenters. The number of rotatable bonds is 12. The number of imidazole rings is 2. The highest BCUT2D eigenvalue weighted by molar-refractivity contribution is 8.07. The number of fused-ring (bicyclic) bond motifs is 2. The molecule has 10 N–H and O–H groups in total. The number of nitrogens with zero attached hydrogens (tertiary/aromatic N) is 6. The largest absolute Gasteiger partial charge is 0.390 e. The zero-order valence-corrected chi connectivity index (χ0v) is 26.4. The molecular formula is C22H28N10O12P2S. The maximum atomic E-state index is 12.3. The summed E-state index contributed by atoms with van der Waals surface area (Å²) in [6.45, 7) is -5.10. The van der Waals surface area contributed by atoms with E-state index in [1.807, 2.05) is 0 Å². The van der Waals surface area contributed by atoms with E-state index >= 15 is 0 Å². The van der Waals surface area contributed by atoms with Crippen molar-refractivity contribution in [1.29, 1.82) is 0 Å². The Kier molecular flexibility index (Phi) is 9.50. The van der Waals surface area contributed by atoms with Gasteiger partial charge < -0.3 is 54.8 Å². The maximum Gasteiger partial charge on any atom is 0.325 e. The van der Waals surface area contributed by atoms with Gasteiger partial charge in [0.05, 0.1) is 32.0 Å². The number of carbonyl (C=O) groups is 1. The molecule has 0 saturated carbocycles. The number of H-pyrrole nitrogens is 2. The number of nitrogen functional groups attached to an aromatic ring is 2. The summed E-state index contributed by atoms with van der Waals surface area (Å²) < 4.78 is 30.7. The average molecular weight is 719 g/mol. The van der Waals surface area contributed by atoms with Crippen molar-refractivity contribution in [3.8, 4) is 0 Å². The summed E-state index contributed by atoms with van der Waals surface area (Å²) in [6, 6.07) is 0. The lowest BCUT2D eigenvalue weighted by atomic mass is 9.97. The van der Waals surface area contributed by atoms with Gasteiger partial charge in [0, 0.05) is 12.3 Å². The van der Waals surface area contributed by atoms with E-state index in [0.29, 0.717) is 6.29 Å². The minimum Gasteiger partial charge on any atom is -0.390 e. The summed E-state index contributed by atoms with van der Waals surface area (Å²) in [5.41, 5.74) is 10.0. The Bertz CT molecular complexity index is 1950. The fourth-order valence-electron chi connectivity index (χ4n) is 5.53. The molecule has 47 heavy (non-hydrogen) atoms. The average Bonchev–Trinajstić information content (AvgIpc) is 3.77. The summed E-state index contributed by atoms with van der Waals surface area (Å²) in [6.07, 6.45) is -6.08. The van der Waals surface area contributed by atoms with Crippen molar-refractivity contribution >= 4 is 68.1 Å². The Labute approximate surface area is 268 Å². The number of anilines is 2. The molecule has 25 heteroatoms. The molecular weight excluding hydrogens is 690 g/mol. The van der Waals surface area contributed by atoms with Crippen LogP contribution in [0.3, 0.4) is 0 Å². The number of aliphatic hydroxyl groups is 2. The Balaban J connectivity index is 1.19. The van der Waals surface area contributed by atoms with Gasteiger partial charge in [-0.1, -0.05) is 0 Å². The van der Waals surface area contributed by atoms with E-state index in [4.69, 9.17) is 46.3 Å². The van der Waals surface area contributed by atoms with Crippen LogP contribution < -0.4 is 22.6 Å². The molecule has 2 aliphatic rings. The predicted octanol–water partition coefficient (Wildman–Crippen LogP) is -2.72. The van der Waals surface area contributed by atoms with Crippen LogP contribution >= 0.6 is 15.8 Å². The summed E-state index contributed by atoms with van der Waals surface area (Å²) in [5.74, 6) is -1.26. The summed E-state index contributed by atoms with van der Waals surface area (Å²) in [7, 11) is -0.949. The van der Waals surface area contributed by atoms with Crippen LogP contribution in [0, 0.1) is 5.92 Å². The molecule has 0 aliphatic carbocycles. The Morgan fingerprint density at radius 2 is 1.55 bits per heavy atom. The van der Waals surface area contributed by atoms with Crippen molar-refractivity contribution in [3.05, 3.63) is 33.4 Å². The lowest BCUT2D eigenvalue weighted by Gasteiger charge is -2.26. The third-order valence-electron chi connectivity index (χ3n) is 7.60. The highest BCUT2D eigenvalue weighted by atomic mass is 32.5. The number of carbonyl (C=O) groups excluding carboxylic acids is 1. The van der Waals surface area contributed by atoms with E-state index in [2.05, 4.69) is 29.9 Å². The monoisotopic (exact) mass is 718 g/mol. The minimum absolute atomic E-state index is 0.0145. The van der Waals surface area contributed by atoms with E-state index in [-0.39, 0.29) is 47.3 Å². The lowest BCUT2D eigenvalue weighted by molar-refractivity contribution is -0.110. The van der Waals surface area contributed by atoms with Crippen LogP contribution in [-0.2, 0) is 39.6 Å². The molecule has 6 rings (SSSR count). The Morgan fingerprint density at radius 1 is 0.979 bits per heavy atom. The van der Waals surface area contributed by atoms with Gasteiger partial charge in [0.25, 0.3) is 11.1 Å². The van der Waals surface area contributed by atoms with Gasteiger partial charge in [-0.25, -0.2) is 9.97 Å². The van der Waals surface area contributed by atoms with Gasteiger partial charge in [-0.3, -0.25) is 33.2 Å². The second-order valence-electron chi connectivity index (χ2n) is 10.5. The van der Waals surface area contributed by atoms with Gasteiger partial charge in [-0.05, 0) is 11.8 Å². The molecule has 0 bridgehead atoms. The zero-order valence-electron chi connectivity index (χ0n) is 23.7. The summed E-state index contributed by atoms with van der Waals surface area (Å²) >= 11 is 5.21. The van der Waals surface area contributed by atoms with E-state index in [1.54, 1.807) is 0 Å². The van der Waals surface area contributed by atoms with E-state index in [0.717, 1.165) is 0 Å². The molecule has 0 aromatic carbocycles. The quantitative estimate of drug-likeness (QED) is 0.0544. The van der Waals surface area contributed by atoms with Crippen molar-refractivity contribution < 1.29 is 47.8 Å². The highest BCUT2D eigenvalue weighted by Gasteiger charge is 2.50. The molecule has 6 heterocycles. The summed E-state index contributed by atoms with van der Waals surface area (Å²) in [5, 5.41) is 22.3. The SMILES string of the molecule is Nc1nc2c(ncn2[C@@H]2O[C@H](COPO)[C@@H](OP(O)(=S)OC[C@H]3O[C@@H](n4cnc5c(=O)[nH]c(N)nc54)[C@H](CC=O)[C@@H]3O)[C@H]2O)c(=O)[nH]1. The van der Waals surface area contributed by atoms with Gasteiger partial charge in [-0.2, -0.15) is 9.97 Å². The smallest absolute Gasteiger partial charge is 0.325 e. The highest BCUT2D eigenvalue weighted by Crippen LogP contribution is 2.50. The molecule has 22 nitrogen and oxygen atoms in total. The number of aldehydes is 1. The third-order valence-corrected chi connectivity index (χ3v) is 9.45. The van der Waals surface area contributed by atoms with Crippen LogP contribution in [-0.4, -0.2) is 109 Å². The van der Waals surface area contributed by atoms with E-state index < -0.39 is 82.4 Å². The molecule has 4 aromatic heterocycles. The molecule has 10 atom stereocenters. The first-order chi connectivity index (χ1) is 22.4. The van der Waals surface area contributed by atoms with Gasteiger partial charge in [0.15, 0.2) is 37.6 Å². The Morgan fingerprint density at radius 3 is 2.13 bits per heavy atom. The van der Waals surface area contributed by atoms with Crippen molar-refractivity contribution in [2.24, 2.45) is 5.92 Å². The molecule has 2 aliphatic heterocycles. The van der Waals surface area contributed by atoms with Gasteiger partial charge >= 0.3 is 6.72 Å². The number of aromatic amines is 2. The number of aromatic nitrogens is 8. The minimum atomic E-state index is -4.25.